The smallest absolute Gasteiger partial charge is 0.313 e. The van der Waals surface area contributed by atoms with E-state index in [9.17, 15) is 4.79 Å². The van der Waals surface area contributed by atoms with Crippen LogP contribution in [0.15, 0.2) is 17.4 Å². The summed E-state index contributed by atoms with van der Waals surface area (Å²) >= 11 is 1.29. The van der Waals surface area contributed by atoms with Crippen LogP contribution in [0.5, 0.6) is 0 Å². The lowest BCUT2D eigenvalue weighted by atomic mass is 10.0. The van der Waals surface area contributed by atoms with Gasteiger partial charge < -0.3 is 5.11 Å². The van der Waals surface area contributed by atoms with Gasteiger partial charge >= 0.3 is 5.97 Å². The SMILES string of the molecule is Cc1ccnc2c1nc(SCC(=O)O)n2C1(C)CCCC1. The number of hydrogen-bond donors (Lipinski definition) is 1. The molecule has 1 saturated carbocycles. The zero-order valence-corrected chi connectivity index (χ0v) is 13.1. The molecule has 5 nitrogen and oxygen atoms in total. The number of thioether (sulfide) groups is 1. The minimum atomic E-state index is -0.820. The molecule has 1 aliphatic rings. The molecule has 112 valence electrons. The average Bonchev–Trinajstić information content (AvgIpc) is 3.01. The van der Waals surface area contributed by atoms with Gasteiger partial charge in [0.15, 0.2) is 10.8 Å². The van der Waals surface area contributed by atoms with Crippen LogP contribution >= 0.6 is 11.8 Å². The van der Waals surface area contributed by atoms with Crippen LogP contribution < -0.4 is 0 Å². The van der Waals surface area contributed by atoms with E-state index in [0.29, 0.717) is 0 Å². The number of aliphatic carboxylic acids is 1. The van der Waals surface area contributed by atoms with Crippen molar-refractivity contribution in [1.82, 2.24) is 14.5 Å². The van der Waals surface area contributed by atoms with Gasteiger partial charge in [-0.3, -0.25) is 9.36 Å². The zero-order chi connectivity index (χ0) is 15.0. The molecule has 0 unspecified atom stereocenters. The van der Waals surface area contributed by atoms with Crippen LogP contribution in [0.1, 0.15) is 38.2 Å². The Kier molecular flexibility index (Phi) is 3.65. The summed E-state index contributed by atoms with van der Waals surface area (Å²) in [6.45, 7) is 4.25. The number of carbonyl (C=O) groups is 1. The maximum Gasteiger partial charge on any atom is 0.313 e. The molecule has 3 rings (SSSR count). The van der Waals surface area contributed by atoms with Crippen LogP contribution in [0.25, 0.3) is 11.2 Å². The maximum atomic E-state index is 10.9. The first-order valence-corrected chi connectivity index (χ1v) is 8.19. The molecular weight excluding hydrogens is 286 g/mol. The molecule has 2 aromatic rings. The molecule has 0 spiro atoms. The van der Waals surface area contributed by atoms with Gasteiger partial charge in [0.1, 0.15) is 5.52 Å². The van der Waals surface area contributed by atoms with E-state index in [0.717, 1.165) is 34.7 Å². The third-order valence-corrected chi connectivity index (χ3v) is 5.19. The van der Waals surface area contributed by atoms with E-state index in [1.54, 1.807) is 6.20 Å². The first-order chi connectivity index (χ1) is 10.0. The lowest BCUT2D eigenvalue weighted by Crippen LogP contribution is -2.27. The minimum absolute atomic E-state index is 0.00359. The Balaban J connectivity index is 2.15. The van der Waals surface area contributed by atoms with Gasteiger partial charge in [-0.1, -0.05) is 24.6 Å². The molecule has 0 aliphatic heterocycles. The van der Waals surface area contributed by atoms with Crippen molar-refractivity contribution in [3.63, 3.8) is 0 Å². The summed E-state index contributed by atoms with van der Waals surface area (Å²) in [6, 6.07) is 1.95. The Labute approximate surface area is 127 Å². The van der Waals surface area contributed by atoms with E-state index >= 15 is 0 Å². The summed E-state index contributed by atoms with van der Waals surface area (Å²) in [6.07, 6.45) is 6.39. The van der Waals surface area contributed by atoms with Crippen LogP contribution in [0.3, 0.4) is 0 Å². The standard InChI is InChI=1S/C15H19N3O2S/c1-10-5-8-16-13-12(10)17-14(21-9-11(19)20)18(13)15(2)6-3-4-7-15/h5,8H,3-4,6-7,9H2,1-2H3,(H,19,20). The normalized spacial score (nSPS) is 17.4. The summed E-state index contributed by atoms with van der Waals surface area (Å²) < 4.78 is 2.18. The predicted octanol–water partition coefficient (Wildman–Crippen LogP) is 3.21. The summed E-state index contributed by atoms with van der Waals surface area (Å²) in [5.41, 5.74) is 2.85. The second-order valence-electron chi connectivity index (χ2n) is 5.92. The highest BCUT2D eigenvalue weighted by molar-refractivity contribution is 7.99. The van der Waals surface area contributed by atoms with Crippen molar-refractivity contribution >= 4 is 28.9 Å². The highest BCUT2D eigenvalue weighted by atomic mass is 32.2. The van der Waals surface area contributed by atoms with Crippen molar-refractivity contribution in [1.29, 1.82) is 0 Å². The molecule has 0 aromatic carbocycles. The van der Waals surface area contributed by atoms with E-state index in [2.05, 4.69) is 21.5 Å². The highest BCUT2D eigenvalue weighted by Crippen LogP contribution is 2.41. The van der Waals surface area contributed by atoms with Crippen LogP contribution in [0, 0.1) is 6.92 Å². The second-order valence-corrected chi connectivity index (χ2v) is 6.86. The first kappa shape index (κ1) is 14.4. The molecule has 6 heteroatoms. The van der Waals surface area contributed by atoms with Crippen LogP contribution in [0.2, 0.25) is 0 Å². The molecular formula is C15H19N3O2S. The minimum Gasteiger partial charge on any atom is -0.481 e. The lowest BCUT2D eigenvalue weighted by molar-refractivity contribution is -0.133. The van der Waals surface area contributed by atoms with E-state index in [1.165, 1.54) is 24.6 Å². The monoisotopic (exact) mass is 305 g/mol. The van der Waals surface area contributed by atoms with Crippen LogP contribution in [-0.4, -0.2) is 31.4 Å². The number of nitrogens with zero attached hydrogens (tertiary/aromatic N) is 3. The third-order valence-electron chi connectivity index (χ3n) is 4.26. The van der Waals surface area contributed by atoms with Gasteiger partial charge in [0.2, 0.25) is 0 Å². The number of carboxylic acids is 1. The van der Waals surface area contributed by atoms with Gasteiger partial charge in [0, 0.05) is 11.7 Å². The molecule has 2 aromatic heterocycles. The lowest BCUT2D eigenvalue weighted by Gasteiger charge is -2.27. The number of hydrogen-bond acceptors (Lipinski definition) is 4. The number of rotatable bonds is 4. The Bertz CT molecular complexity index is 690. The predicted molar refractivity (Wildman–Crippen MR) is 82.7 cm³/mol. The molecule has 1 N–H and O–H groups in total. The molecule has 1 aliphatic carbocycles. The molecule has 0 bridgehead atoms. The maximum absolute atomic E-state index is 10.9. The largest absolute Gasteiger partial charge is 0.481 e. The zero-order valence-electron chi connectivity index (χ0n) is 12.3. The molecule has 0 saturated heterocycles. The summed E-state index contributed by atoms with van der Waals surface area (Å²) in [7, 11) is 0. The fourth-order valence-electron chi connectivity index (χ4n) is 3.14. The number of aromatic nitrogens is 3. The van der Waals surface area contributed by atoms with Crippen molar-refractivity contribution < 1.29 is 9.90 Å². The quantitative estimate of drug-likeness (QED) is 0.879. The van der Waals surface area contributed by atoms with Crippen molar-refractivity contribution in [3.8, 4) is 0 Å². The molecule has 0 radical (unpaired) electrons. The second kappa shape index (κ2) is 5.33. The summed E-state index contributed by atoms with van der Waals surface area (Å²) in [4.78, 5) is 20.1. The molecule has 1 fully saturated rings. The number of carboxylic acid groups (broad SMARTS) is 1. The summed E-state index contributed by atoms with van der Waals surface area (Å²) in [5.74, 6) is -0.793. The first-order valence-electron chi connectivity index (χ1n) is 7.20. The Morgan fingerprint density at radius 3 is 2.86 bits per heavy atom. The van der Waals surface area contributed by atoms with Gasteiger partial charge in [-0.15, -0.1) is 0 Å². The fourth-order valence-corrected chi connectivity index (χ4v) is 3.99. The van der Waals surface area contributed by atoms with Crippen LogP contribution in [0.4, 0.5) is 0 Å². The van der Waals surface area contributed by atoms with Crippen molar-refractivity contribution in [2.24, 2.45) is 0 Å². The third kappa shape index (κ3) is 2.52. The number of imidazole rings is 1. The van der Waals surface area contributed by atoms with E-state index in [1.807, 2.05) is 13.0 Å². The van der Waals surface area contributed by atoms with E-state index in [4.69, 9.17) is 5.11 Å². The van der Waals surface area contributed by atoms with Crippen molar-refractivity contribution in [2.75, 3.05) is 5.75 Å². The molecule has 0 amide bonds. The summed E-state index contributed by atoms with van der Waals surface area (Å²) in [5, 5.41) is 9.73. The fraction of sp³-hybridized carbons (Fsp3) is 0.533. The van der Waals surface area contributed by atoms with E-state index in [-0.39, 0.29) is 11.3 Å². The van der Waals surface area contributed by atoms with Gasteiger partial charge in [-0.05, 0) is 38.3 Å². The molecule has 2 heterocycles. The van der Waals surface area contributed by atoms with Crippen molar-refractivity contribution in [3.05, 3.63) is 17.8 Å². The van der Waals surface area contributed by atoms with E-state index < -0.39 is 5.97 Å². The molecule has 21 heavy (non-hydrogen) atoms. The molecule has 0 atom stereocenters. The van der Waals surface area contributed by atoms with Gasteiger partial charge in [0.05, 0.1) is 5.75 Å². The number of pyridine rings is 1. The Hall–Kier alpha value is -1.56. The average molecular weight is 305 g/mol. The van der Waals surface area contributed by atoms with Gasteiger partial charge in [-0.2, -0.15) is 0 Å². The highest BCUT2D eigenvalue weighted by Gasteiger charge is 2.35. The number of fused-ring (bicyclic) bond motifs is 1. The van der Waals surface area contributed by atoms with Gasteiger partial charge in [-0.25, -0.2) is 9.97 Å². The Morgan fingerprint density at radius 2 is 2.19 bits per heavy atom. The van der Waals surface area contributed by atoms with Gasteiger partial charge in [0.25, 0.3) is 0 Å². The van der Waals surface area contributed by atoms with Crippen LogP contribution in [-0.2, 0) is 10.3 Å². The Morgan fingerprint density at radius 1 is 1.48 bits per heavy atom. The number of aryl methyl sites for hydroxylation is 1. The van der Waals surface area contributed by atoms with Crippen molar-refractivity contribution in [2.45, 2.75) is 50.2 Å². The topological polar surface area (TPSA) is 68.0 Å².